The second-order valence-electron chi connectivity index (χ2n) is 4.20. The van der Waals surface area contributed by atoms with Gasteiger partial charge in [-0.3, -0.25) is 10.1 Å². The van der Waals surface area contributed by atoms with Gasteiger partial charge in [0.05, 0.1) is 5.92 Å². The number of aromatic nitrogens is 2. The molecule has 2 amide bonds. The van der Waals surface area contributed by atoms with Crippen molar-refractivity contribution in [2.45, 2.75) is 19.8 Å². The Morgan fingerprint density at radius 3 is 2.94 bits per heavy atom. The number of urea groups is 1. The van der Waals surface area contributed by atoms with Gasteiger partial charge in [-0.2, -0.15) is 4.37 Å². The number of amides is 2. The molecule has 7 nitrogen and oxygen atoms in total. The summed E-state index contributed by atoms with van der Waals surface area (Å²) in [6.07, 6.45) is 1.33. The number of hydrogen-bond acceptors (Lipinski definition) is 5. The molecule has 1 atom stereocenters. The van der Waals surface area contributed by atoms with Crippen molar-refractivity contribution in [2.24, 2.45) is 5.92 Å². The summed E-state index contributed by atoms with van der Waals surface area (Å²) in [4.78, 5) is 28.4. The Labute approximate surface area is 108 Å². The third-order valence-corrected chi connectivity index (χ3v) is 3.52. The summed E-state index contributed by atoms with van der Waals surface area (Å²) in [7, 11) is 0. The molecule has 98 valence electrons. The van der Waals surface area contributed by atoms with E-state index in [1.807, 2.05) is 0 Å². The van der Waals surface area contributed by atoms with Crippen LogP contribution in [0, 0.1) is 12.8 Å². The Morgan fingerprint density at radius 2 is 2.33 bits per heavy atom. The van der Waals surface area contributed by atoms with Crippen LogP contribution in [0.5, 0.6) is 0 Å². The number of nitrogens with zero attached hydrogens (tertiary/aromatic N) is 3. The molecule has 0 unspecified atom stereocenters. The van der Waals surface area contributed by atoms with Crippen molar-refractivity contribution in [3.63, 3.8) is 0 Å². The molecule has 1 aromatic heterocycles. The van der Waals surface area contributed by atoms with E-state index in [0.29, 0.717) is 30.3 Å². The number of hydrogen-bond donors (Lipinski definition) is 2. The molecule has 0 saturated carbocycles. The number of carboxylic acid groups (broad SMARTS) is 1. The van der Waals surface area contributed by atoms with Gasteiger partial charge in [-0.05, 0) is 19.8 Å². The number of rotatable bonds is 2. The van der Waals surface area contributed by atoms with E-state index in [1.54, 1.807) is 6.92 Å². The van der Waals surface area contributed by atoms with Crippen LogP contribution in [0.4, 0.5) is 9.93 Å². The van der Waals surface area contributed by atoms with Crippen molar-refractivity contribution < 1.29 is 14.7 Å². The third kappa shape index (κ3) is 2.95. The lowest BCUT2D eigenvalue weighted by molar-refractivity contribution is -0.143. The number of likely N-dealkylation sites (tertiary alicyclic amines) is 1. The van der Waals surface area contributed by atoms with Crippen LogP contribution in [0.25, 0.3) is 0 Å². The maximum atomic E-state index is 11.9. The Kier molecular flexibility index (Phi) is 3.75. The fourth-order valence-electron chi connectivity index (χ4n) is 1.88. The summed E-state index contributed by atoms with van der Waals surface area (Å²) in [5.41, 5.74) is 0. The number of anilines is 1. The SMILES string of the molecule is Cc1nsc(NC(=O)N2CCC[C@@H](C(=O)O)C2)n1. The Hall–Kier alpha value is -1.70. The Balaban J connectivity index is 1.94. The van der Waals surface area contributed by atoms with Crippen LogP contribution < -0.4 is 5.32 Å². The van der Waals surface area contributed by atoms with Crippen molar-refractivity contribution in [2.75, 3.05) is 18.4 Å². The van der Waals surface area contributed by atoms with Crippen LogP contribution in [-0.4, -0.2) is 44.5 Å². The zero-order chi connectivity index (χ0) is 13.1. The van der Waals surface area contributed by atoms with E-state index in [0.717, 1.165) is 11.5 Å². The highest BCUT2D eigenvalue weighted by molar-refractivity contribution is 7.09. The van der Waals surface area contributed by atoms with Gasteiger partial charge in [-0.15, -0.1) is 0 Å². The average molecular weight is 270 g/mol. The highest BCUT2D eigenvalue weighted by Gasteiger charge is 2.28. The molecule has 2 N–H and O–H groups in total. The van der Waals surface area contributed by atoms with E-state index < -0.39 is 11.9 Å². The molecule has 2 heterocycles. The summed E-state index contributed by atoms with van der Waals surface area (Å²) in [5, 5.41) is 12.0. The van der Waals surface area contributed by atoms with Gasteiger partial charge in [-0.1, -0.05) is 0 Å². The summed E-state index contributed by atoms with van der Waals surface area (Å²) in [5.74, 6) is -0.711. The average Bonchev–Trinajstić information content (AvgIpc) is 2.75. The van der Waals surface area contributed by atoms with E-state index in [1.165, 1.54) is 4.90 Å². The van der Waals surface area contributed by atoms with E-state index in [9.17, 15) is 9.59 Å². The van der Waals surface area contributed by atoms with Crippen molar-refractivity contribution in [1.29, 1.82) is 0 Å². The molecule has 0 aromatic carbocycles. The smallest absolute Gasteiger partial charge is 0.323 e. The van der Waals surface area contributed by atoms with Crippen LogP contribution in [0.1, 0.15) is 18.7 Å². The van der Waals surface area contributed by atoms with Crippen molar-refractivity contribution >= 4 is 28.7 Å². The number of carbonyl (C=O) groups is 2. The van der Waals surface area contributed by atoms with Gasteiger partial charge in [0.2, 0.25) is 5.13 Å². The molecule has 1 saturated heterocycles. The van der Waals surface area contributed by atoms with Crippen LogP contribution in [0.15, 0.2) is 0 Å². The highest BCUT2D eigenvalue weighted by Crippen LogP contribution is 2.18. The third-order valence-electron chi connectivity index (χ3n) is 2.80. The predicted molar refractivity (Wildman–Crippen MR) is 65.6 cm³/mol. The molecular formula is C10H14N4O3S. The van der Waals surface area contributed by atoms with Gasteiger partial charge in [0.1, 0.15) is 5.82 Å². The quantitative estimate of drug-likeness (QED) is 0.841. The number of aryl methyl sites for hydroxylation is 1. The van der Waals surface area contributed by atoms with E-state index in [4.69, 9.17) is 5.11 Å². The minimum absolute atomic E-state index is 0.249. The van der Waals surface area contributed by atoms with E-state index in [-0.39, 0.29) is 12.6 Å². The second-order valence-corrected chi connectivity index (χ2v) is 4.95. The van der Waals surface area contributed by atoms with Crippen LogP contribution in [0.3, 0.4) is 0 Å². The first-order valence-corrected chi connectivity index (χ1v) is 6.42. The van der Waals surface area contributed by atoms with E-state index in [2.05, 4.69) is 14.7 Å². The number of nitrogens with one attached hydrogen (secondary N) is 1. The Bertz CT molecular complexity index is 462. The minimum atomic E-state index is -0.848. The molecule has 0 aliphatic carbocycles. The van der Waals surface area contributed by atoms with E-state index >= 15 is 0 Å². The molecule has 18 heavy (non-hydrogen) atoms. The predicted octanol–water partition coefficient (Wildman–Crippen LogP) is 1.18. The van der Waals surface area contributed by atoms with Crippen molar-refractivity contribution in [1.82, 2.24) is 14.3 Å². The van der Waals surface area contributed by atoms with Gasteiger partial charge in [0, 0.05) is 24.6 Å². The summed E-state index contributed by atoms with van der Waals surface area (Å²) in [6.45, 7) is 2.57. The van der Waals surface area contributed by atoms with Crippen molar-refractivity contribution in [3.05, 3.63) is 5.82 Å². The van der Waals surface area contributed by atoms with Crippen LogP contribution in [0.2, 0.25) is 0 Å². The standard InChI is InChI=1S/C10H14N4O3S/c1-6-11-9(18-13-6)12-10(17)14-4-2-3-7(5-14)8(15)16/h7H,2-5H2,1H3,(H,15,16)(H,11,12,13,17)/t7-/m1/s1. The van der Waals surface area contributed by atoms with Crippen LogP contribution >= 0.6 is 11.5 Å². The first-order chi connectivity index (χ1) is 8.56. The largest absolute Gasteiger partial charge is 0.481 e. The topological polar surface area (TPSA) is 95.4 Å². The number of carbonyl (C=O) groups excluding carboxylic acids is 1. The van der Waals surface area contributed by atoms with Gasteiger partial charge < -0.3 is 10.0 Å². The van der Waals surface area contributed by atoms with Gasteiger partial charge in [0.25, 0.3) is 0 Å². The molecule has 1 fully saturated rings. The number of piperidine rings is 1. The normalized spacial score (nSPS) is 19.6. The summed E-state index contributed by atoms with van der Waals surface area (Å²) in [6, 6.07) is -0.308. The van der Waals surface area contributed by atoms with Gasteiger partial charge >= 0.3 is 12.0 Å². The molecule has 0 spiro atoms. The monoisotopic (exact) mass is 270 g/mol. The maximum absolute atomic E-state index is 11.9. The lowest BCUT2D eigenvalue weighted by atomic mass is 9.99. The van der Waals surface area contributed by atoms with Gasteiger partial charge in [-0.25, -0.2) is 9.78 Å². The van der Waals surface area contributed by atoms with Crippen molar-refractivity contribution in [3.8, 4) is 0 Å². The number of aliphatic carboxylic acids is 1. The molecule has 0 bridgehead atoms. The first-order valence-electron chi connectivity index (χ1n) is 5.65. The molecule has 1 aromatic rings. The van der Waals surface area contributed by atoms with Gasteiger partial charge in [0.15, 0.2) is 0 Å². The highest BCUT2D eigenvalue weighted by atomic mass is 32.1. The zero-order valence-corrected chi connectivity index (χ0v) is 10.7. The zero-order valence-electron chi connectivity index (χ0n) is 9.92. The van der Waals surface area contributed by atoms with Crippen LogP contribution in [-0.2, 0) is 4.79 Å². The Morgan fingerprint density at radius 1 is 1.56 bits per heavy atom. The molecular weight excluding hydrogens is 256 g/mol. The molecule has 0 radical (unpaired) electrons. The number of carboxylic acids is 1. The molecule has 2 rings (SSSR count). The molecule has 1 aliphatic heterocycles. The lowest BCUT2D eigenvalue weighted by Crippen LogP contribution is -2.44. The molecule has 1 aliphatic rings. The fourth-order valence-corrected chi connectivity index (χ4v) is 2.45. The summed E-state index contributed by atoms with van der Waals surface area (Å²) >= 11 is 1.11. The fraction of sp³-hybridized carbons (Fsp3) is 0.600. The lowest BCUT2D eigenvalue weighted by Gasteiger charge is -2.30. The molecule has 8 heteroatoms. The minimum Gasteiger partial charge on any atom is -0.481 e. The summed E-state index contributed by atoms with van der Waals surface area (Å²) < 4.78 is 3.96. The maximum Gasteiger partial charge on any atom is 0.323 e. The second kappa shape index (κ2) is 5.30. The first kappa shape index (κ1) is 12.7.